The Morgan fingerprint density at radius 3 is 2.44 bits per heavy atom. The van der Waals surface area contributed by atoms with Crippen molar-refractivity contribution in [2.45, 2.75) is 93.9 Å². The molecule has 0 saturated carbocycles. The SMILES string of the molecule is CC1(C)CCC(CN2CCN(c3ccc(C(=O)NS(=O)(=O)c4ccc(NCC5CCN(C(=O)CCCCSc6cccc7c6C(=O)N(C6CCC(=O)NC6=O)C7=O)CC5)c([N+](=O)[O-])c4)c(Oc4cnc5[nH]ccc5c4)c3)CC2)=C(c2ccc(Cl)cc2)C1. The molecule has 2 aromatic heterocycles. The zero-order chi connectivity index (χ0) is 61.1. The summed E-state index contributed by atoms with van der Waals surface area (Å²) in [7, 11) is -4.67. The van der Waals surface area contributed by atoms with E-state index in [1.807, 2.05) is 18.2 Å². The number of anilines is 2. The molecule has 0 spiro atoms. The number of hydrogen-bond acceptors (Lipinski definition) is 16. The lowest BCUT2D eigenvalue weighted by molar-refractivity contribution is -0.384. The number of amides is 6. The van der Waals surface area contributed by atoms with E-state index in [9.17, 15) is 47.3 Å². The predicted octanol–water partition coefficient (Wildman–Crippen LogP) is 9.84. The number of nitrogens with one attached hydrogen (secondary N) is 4. The number of nitrogens with zero attached hydrogens (tertiary/aromatic N) is 6. The van der Waals surface area contributed by atoms with Crippen molar-refractivity contribution in [1.82, 2.24) is 34.7 Å². The van der Waals surface area contributed by atoms with Gasteiger partial charge in [-0.2, -0.15) is 0 Å². The number of ether oxygens (including phenoxy) is 1. The number of fused-ring (bicyclic) bond motifs is 2. The van der Waals surface area contributed by atoms with Gasteiger partial charge >= 0.3 is 0 Å². The summed E-state index contributed by atoms with van der Waals surface area (Å²) in [5, 5.41) is 19.3. The van der Waals surface area contributed by atoms with Crippen LogP contribution in [0.15, 0.2) is 119 Å². The maximum atomic E-state index is 14.2. The largest absolute Gasteiger partial charge is 0.455 e. The smallest absolute Gasteiger partial charge is 0.293 e. The first-order valence-electron chi connectivity index (χ1n) is 29.3. The highest BCUT2D eigenvalue weighted by atomic mass is 35.5. The highest BCUT2D eigenvalue weighted by Gasteiger charge is 2.46. The number of carbonyl (C=O) groups is 6. The Labute approximate surface area is 512 Å². The minimum atomic E-state index is -4.67. The van der Waals surface area contributed by atoms with Gasteiger partial charge in [-0.3, -0.25) is 54.0 Å². The van der Waals surface area contributed by atoms with Crippen molar-refractivity contribution in [3.05, 3.63) is 146 Å². The van der Waals surface area contributed by atoms with Gasteiger partial charge in [0.1, 0.15) is 28.9 Å². The highest BCUT2D eigenvalue weighted by molar-refractivity contribution is 7.99. The van der Waals surface area contributed by atoms with Gasteiger partial charge < -0.3 is 24.8 Å². The summed E-state index contributed by atoms with van der Waals surface area (Å²) in [6, 6.07) is 24.1. The number of halogens is 1. The first-order chi connectivity index (χ1) is 41.8. The molecule has 1 atom stereocenters. The van der Waals surface area contributed by atoms with Crippen LogP contribution in [0.1, 0.15) is 115 Å². The fourth-order valence-electron chi connectivity index (χ4n) is 12.2. The second-order valence-electron chi connectivity index (χ2n) is 23.6. The number of carbonyl (C=O) groups excluding carboxylic acids is 6. The molecule has 5 aliphatic rings. The van der Waals surface area contributed by atoms with Crippen molar-refractivity contribution in [2.24, 2.45) is 11.3 Å². The number of unbranched alkanes of at least 4 members (excludes halogenated alkanes) is 1. The molecule has 11 rings (SSSR count). The molecular weight excluding hydrogens is 1170 g/mol. The van der Waals surface area contributed by atoms with Crippen LogP contribution in [0.4, 0.5) is 17.1 Å². The number of likely N-dealkylation sites (tertiary alicyclic amines) is 1. The second kappa shape index (κ2) is 25.7. The van der Waals surface area contributed by atoms with Crippen molar-refractivity contribution in [1.29, 1.82) is 0 Å². The fraction of sp³-hybridized carbons (Fsp3) is 0.381. The van der Waals surface area contributed by atoms with Crippen LogP contribution < -0.4 is 25.0 Å². The minimum Gasteiger partial charge on any atom is -0.455 e. The van der Waals surface area contributed by atoms with E-state index in [4.69, 9.17) is 16.3 Å². The number of rotatable bonds is 20. The number of imide groups is 2. The molecule has 3 saturated heterocycles. The molecule has 6 amide bonds. The minimum absolute atomic E-state index is 0.00195. The van der Waals surface area contributed by atoms with E-state index < -0.39 is 61.1 Å². The number of thioether (sulfide) groups is 1. The number of sulfonamides is 1. The lowest BCUT2D eigenvalue weighted by Crippen LogP contribution is -2.54. The molecule has 0 radical (unpaired) electrons. The molecule has 1 unspecified atom stereocenters. The number of H-pyrrole nitrogens is 1. The maximum absolute atomic E-state index is 14.2. The molecule has 4 N–H and O–H groups in total. The van der Waals surface area contributed by atoms with Crippen molar-refractivity contribution in [3.8, 4) is 11.5 Å². The molecule has 0 bridgehead atoms. The summed E-state index contributed by atoms with van der Waals surface area (Å²) in [5.74, 6) is -2.20. The first kappa shape index (κ1) is 60.6. The Bertz CT molecular complexity index is 3860. The Balaban J connectivity index is 0.677. The van der Waals surface area contributed by atoms with Gasteiger partial charge in [0.05, 0.1) is 32.7 Å². The van der Waals surface area contributed by atoms with E-state index in [1.165, 1.54) is 52.9 Å². The maximum Gasteiger partial charge on any atom is 0.293 e. The number of pyridine rings is 1. The van der Waals surface area contributed by atoms with Gasteiger partial charge in [-0.1, -0.05) is 49.2 Å². The summed E-state index contributed by atoms with van der Waals surface area (Å²) >= 11 is 7.67. The number of piperazine rings is 1. The van der Waals surface area contributed by atoms with Crippen LogP contribution in [0.25, 0.3) is 16.6 Å². The molecule has 21 nitrogen and oxygen atoms in total. The molecule has 24 heteroatoms. The van der Waals surface area contributed by atoms with Crippen LogP contribution in [0.2, 0.25) is 5.02 Å². The monoisotopic (exact) mass is 1240 g/mol. The summed E-state index contributed by atoms with van der Waals surface area (Å²) in [6.45, 7) is 9.76. The second-order valence-corrected chi connectivity index (χ2v) is 26.8. The van der Waals surface area contributed by atoms with Gasteiger partial charge in [-0.25, -0.2) is 18.1 Å². The average molecular weight is 1240 g/mol. The molecule has 1 aliphatic carbocycles. The third kappa shape index (κ3) is 13.7. The number of benzene rings is 4. The van der Waals surface area contributed by atoms with Crippen LogP contribution in [-0.4, -0.2) is 138 Å². The zero-order valence-corrected chi connectivity index (χ0v) is 50.7. The fourth-order valence-corrected chi connectivity index (χ4v) is 14.4. The number of nitro benzene ring substituents is 1. The topological polar surface area (TPSA) is 267 Å². The molecule has 3 fully saturated rings. The van der Waals surface area contributed by atoms with Gasteiger partial charge in [0.25, 0.3) is 33.4 Å². The zero-order valence-electron chi connectivity index (χ0n) is 48.3. The van der Waals surface area contributed by atoms with E-state index in [1.54, 1.807) is 47.5 Å². The molecule has 6 heterocycles. The number of nitro groups is 1. The standard InChI is InChI=1S/C63H67ClN10O11S2/c1-63(2)23-19-42(49(35-63)40-9-11-43(64)12-10-40)38-70-27-29-71(30-28-70)44-13-15-47(53(33-44)85-45-32-41-20-24-65-58(41)67-37-45)59(77)69-87(83,84)46-14-16-50(52(34-46)74(81)82)66-36-39-21-25-72(26-22-39)56(76)8-3-4-31-86-54-7-5-6-48-57(54)62(80)73(61(48)79)51-17-18-55(75)68-60(51)78/h5-7,9-16,20,24,32-34,37,39,51,66H,3-4,8,17-19,21-23,25-31,35-36,38H2,1-2H3,(H,65,67)(H,69,77)(H,68,75,78). The third-order valence-electron chi connectivity index (χ3n) is 17.1. The molecule has 4 aliphatic heterocycles. The summed E-state index contributed by atoms with van der Waals surface area (Å²) in [5.41, 5.74) is 5.63. The average Bonchev–Trinajstić information content (AvgIpc) is 1.93. The molecule has 87 heavy (non-hydrogen) atoms. The summed E-state index contributed by atoms with van der Waals surface area (Å²) in [6.07, 6.45) is 9.30. The lowest BCUT2D eigenvalue weighted by atomic mass is 9.72. The normalized spacial score (nSPS) is 18.5. The highest BCUT2D eigenvalue weighted by Crippen LogP contribution is 2.44. The number of aromatic amines is 1. The van der Waals surface area contributed by atoms with Crippen LogP contribution in [0.5, 0.6) is 11.5 Å². The van der Waals surface area contributed by atoms with Crippen LogP contribution in [0.3, 0.4) is 0 Å². The molecule has 6 aromatic rings. The van der Waals surface area contributed by atoms with Crippen molar-refractivity contribution in [3.63, 3.8) is 0 Å². The van der Waals surface area contributed by atoms with Crippen molar-refractivity contribution < 1.29 is 46.8 Å². The summed E-state index contributed by atoms with van der Waals surface area (Å²) in [4.78, 5) is 105. The summed E-state index contributed by atoms with van der Waals surface area (Å²) < 4.78 is 36.4. The van der Waals surface area contributed by atoms with Gasteiger partial charge in [-0.15, -0.1) is 11.8 Å². The van der Waals surface area contributed by atoms with Gasteiger partial charge in [0, 0.05) is 105 Å². The van der Waals surface area contributed by atoms with Crippen LogP contribution in [0, 0.1) is 21.4 Å². The van der Waals surface area contributed by atoms with E-state index >= 15 is 0 Å². The van der Waals surface area contributed by atoms with E-state index in [-0.39, 0.29) is 58.2 Å². The third-order valence-corrected chi connectivity index (χ3v) is 19.8. The van der Waals surface area contributed by atoms with Crippen LogP contribution >= 0.6 is 23.4 Å². The van der Waals surface area contributed by atoms with Crippen molar-refractivity contribution >= 4 is 102 Å². The Morgan fingerprint density at radius 2 is 1.68 bits per heavy atom. The Kier molecular flexibility index (Phi) is 17.9. The number of allylic oxidation sites excluding steroid dienone is 1. The van der Waals surface area contributed by atoms with Crippen molar-refractivity contribution in [2.75, 3.05) is 68.3 Å². The number of hydrogen-bond donors (Lipinski definition) is 4. The van der Waals surface area contributed by atoms with Gasteiger partial charge in [0.15, 0.2) is 0 Å². The molecule has 454 valence electrons. The first-order valence-corrected chi connectivity index (χ1v) is 32.2. The van der Waals surface area contributed by atoms with E-state index in [2.05, 4.69) is 61.1 Å². The Hall–Kier alpha value is -8.12. The molecular formula is C63H67ClN10O11S2. The van der Waals surface area contributed by atoms with Crippen LogP contribution in [-0.2, 0) is 24.4 Å². The predicted molar refractivity (Wildman–Crippen MR) is 330 cm³/mol. The van der Waals surface area contributed by atoms with E-state index in [0.717, 1.165) is 60.9 Å². The van der Waals surface area contributed by atoms with Gasteiger partial charge in [0.2, 0.25) is 17.7 Å². The lowest BCUT2D eigenvalue weighted by Gasteiger charge is -2.39. The number of aromatic nitrogens is 2. The Morgan fingerprint density at radius 1 is 0.897 bits per heavy atom. The quantitative estimate of drug-likeness (QED) is 0.0182. The van der Waals surface area contributed by atoms with E-state index in [0.29, 0.717) is 91.9 Å². The molecule has 4 aromatic carbocycles. The number of piperidine rings is 2. The van der Waals surface area contributed by atoms with Gasteiger partial charge in [-0.05, 0) is 140 Å².